The van der Waals surface area contributed by atoms with Crippen molar-refractivity contribution in [3.05, 3.63) is 61.6 Å². The summed E-state index contributed by atoms with van der Waals surface area (Å²) in [5.41, 5.74) is 5.02. The molecule has 4 heterocycles. The minimum absolute atomic E-state index is 0.0141. The first-order valence-corrected chi connectivity index (χ1v) is 21.3. The number of fused-ring (bicyclic) bond motifs is 1. The number of phosphoric ester groups is 1. The summed E-state index contributed by atoms with van der Waals surface area (Å²) < 4.78 is 44.1. The Hall–Kier alpha value is -6.01. The fourth-order valence-corrected chi connectivity index (χ4v) is 8.94. The summed E-state index contributed by atoms with van der Waals surface area (Å²) in [4.78, 5) is 106. The van der Waals surface area contributed by atoms with Crippen molar-refractivity contribution in [1.82, 2.24) is 15.3 Å². The molecule has 0 bridgehead atoms. The Bertz CT molecular complexity index is 2270. The molecule has 1 saturated heterocycles. The van der Waals surface area contributed by atoms with Gasteiger partial charge in [0.15, 0.2) is 5.82 Å². The Kier molecular flexibility index (Phi) is 15.8. The van der Waals surface area contributed by atoms with E-state index in [1.165, 1.54) is 24.3 Å². The van der Waals surface area contributed by atoms with E-state index >= 15 is 0 Å². The average Bonchev–Trinajstić information content (AvgIpc) is 3.69. The molecule has 328 valence electrons. The summed E-state index contributed by atoms with van der Waals surface area (Å²) in [6, 6.07) is 5.53. The number of phosphoric acid groups is 1. The number of thioether (sulfide) groups is 1. The lowest BCUT2D eigenvalue weighted by molar-refractivity contribution is -0.154. The van der Waals surface area contributed by atoms with Crippen LogP contribution in [0.25, 0.3) is 0 Å². The highest BCUT2D eigenvalue weighted by atomic mass is 32.2. The van der Waals surface area contributed by atoms with Crippen molar-refractivity contribution in [3.63, 3.8) is 0 Å². The second-order valence-electron chi connectivity index (χ2n) is 13.0. The predicted octanol–water partition coefficient (Wildman–Crippen LogP) is 3.16. The van der Waals surface area contributed by atoms with Crippen LogP contribution in [0.1, 0.15) is 69.0 Å². The number of esters is 2. The van der Waals surface area contributed by atoms with Gasteiger partial charge in [-0.1, -0.05) is 6.07 Å². The van der Waals surface area contributed by atoms with Gasteiger partial charge in [-0.05, 0) is 55.5 Å². The van der Waals surface area contributed by atoms with E-state index < -0.39 is 99.2 Å². The Morgan fingerprint density at radius 1 is 1.00 bits per heavy atom. The summed E-state index contributed by atoms with van der Waals surface area (Å²) in [6.45, 7) is -1.30. The van der Waals surface area contributed by atoms with Crippen molar-refractivity contribution in [3.8, 4) is 5.75 Å². The molecule has 1 aromatic carbocycles. The molecule has 2 aliphatic heterocycles. The second-order valence-corrected chi connectivity index (χ2v) is 17.0. The van der Waals surface area contributed by atoms with Crippen molar-refractivity contribution in [2.45, 2.75) is 67.7 Å². The quantitative estimate of drug-likeness (QED) is 0.0571. The van der Waals surface area contributed by atoms with Gasteiger partial charge in [-0.25, -0.2) is 18.9 Å². The van der Waals surface area contributed by atoms with E-state index in [0.717, 1.165) is 32.9 Å². The second kappa shape index (κ2) is 21.0. The van der Waals surface area contributed by atoms with Gasteiger partial charge in [0.25, 0.3) is 11.5 Å². The number of aliphatic carboxylic acids is 3. The normalized spacial score (nSPS) is 16.0. The molecular formula is C35H38N5O18PS2. The molecule has 23 nitrogen and oxygen atoms in total. The fourth-order valence-electron chi connectivity index (χ4n) is 5.51. The first-order chi connectivity index (χ1) is 29.0. The molecular weight excluding hydrogens is 874 g/mol. The number of nitrogens with zero attached hydrogens (tertiary/aromatic N) is 2. The van der Waals surface area contributed by atoms with E-state index in [1.54, 1.807) is 6.07 Å². The van der Waals surface area contributed by atoms with Crippen molar-refractivity contribution >= 4 is 84.5 Å². The number of amides is 2. The van der Waals surface area contributed by atoms with Crippen LogP contribution in [0.2, 0.25) is 0 Å². The number of H-pyrrole nitrogens is 1. The number of nitrogen functional groups attached to an aromatic ring is 1. The Morgan fingerprint density at radius 3 is 2.44 bits per heavy atom. The zero-order chi connectivity index (χ0) is 44.3. The van der Waals surface area contributed by atoms with E-state index in [4.69, 9.17) is 43.7 Å². The molecule has 61 heavy (non-hydrogen) atoms. The molecule has 7 N–H and O–H groups in total. The van der Waals surface area contributed by atoms with Gasteiger partial charge in [-0.3, -0.25) is 42.9 Å². The molecule has 2 aromatic heterocycles. The van der Waals surface area contributed by atoms with Gasteiger partial charge in [-0.2, -0.15) is 4.98 Å². The lowest BCUT2D eigenvalue weighted by Gasteiger charge is -2.32. The van der Waals surface area contributed by atoms with Crippen LogP contribution in [0.15, 0.2) is 40.0 Å². The molecule has 26 heteroatoms. The molecule has 2 atom stereocenters. The number of carboxylic acids is 3. The van der Waals surface area contributed by atoms with Crippen LogP contribution in [0.3, 0.4) is 0 Å². The maximum absolute atomic E-state index is 13.7. The molecule has 0 radical (unpaired) electrons. The number of thiophene rings is 1. The number of nitrogens with one attached hydrogen (secondary N) is 2. The van der Waals surface area contributed by atoms with Gasteiger partial charge < -0.3 is 45.1 Å². The van der Waals surface area contributed by atoms with Crippen LogP contribution < -0.4 is 26.0 Å². The monoisotopic (exact) mass is 911 g/mol. The van der Waals surface area contributed by atoms with E-state index in [2.05, 4.69) is 15.3 Å². The van der Waals surface area contributed by atoms with Crippen LogP contribution in [-0.2, 0) is 60.0 Å². The van der Waals surface area contributed by atoms with Gasteiger partial charge in [0, 0.05) is 23.1 Å². The summed E-state index contributed by atoms with van der Waals surface area (Å²) in [7, 11) is -4.16. The topological polar surface area (TPSA) is 340 Å². The number of carbonyl (C=O) groups excluding carboxylic acids is 4. The molecule has 2 amide bonds. The van der Waals surface area contributed by atoms with Crippen molar-refractivity contribution in [2.24, 2.45) is 0 Å². The van der Waals surface area contributed by atoms with Gasteiger partial charge in [0.2, 0.25) is 12.7 Å². The van der Waals surface area contributed by atoms with Crippen LogP contribution in [-0.4, -0.2) is 105 Å². The summed E-state index contributed by atoms with van der Waals surface area (Å²) >= 11 is 2.23. The molecule has 1 fully saturated rings. The van der Waals surface area contributed by atoms with Crippen molar-refractivity contribution in [1.29, 1.82) is 0 Å². The number of rotatable bonds is 19. The van der Waals surface area contributed by atoms with Crippen molar-refractivity contribution < 1.29 is 81.2 Å². The van der Waals surface area contributed by atoms with Gasteiger partial charge in [-0.15, -0.1) is 23.1 Å². The van der Waals surface area contributed by atoms with Crippen molar-refractivity contribution in [2.75, 3.05) is 37.2 Å². The highest BCUT2D eigenvalue weighted by molar-refractivity contribution is 8.00. The molecule has 3 aromatic rings. The van der Waals surface area contributed by atoms with E-state index in [1.807, 2.05) is 0 Å². The zero-order valence-corrected chi connectivity index (χ0v) is 34.3. The highest BCUT2D eigenvalue weighted by Crippen LogP contribution is 2.52. The number of carboxylic acid groups (broad SMARTS) is 3. The molecule has 0 spiro atoms. The molecule has 0 aliphatic carbocycles. The molecule has 2 unspecified atom stereocenters. The number of hydrogen-bond donors (Lipinski definition) is 6. The van der Waals surface area contributed by atoms with Gasteiger partial charge in [0.1, 0.15) is 28.9 Å². The number of anilines is 2. The maximum atomic E-state index is 13.7. The number of carbonyl (C=O) groups is 7. The first kappa shape index (κ1) is 46.1. The SMILES string of the molecule is Nc1nc2c(c(=O)[nH]1)SC(CCc1ccc(C(=O)NC(CCC(=O)O)C(=O)O)s1)CN2C(=O)OCc1ccc(OP2(=O)OCCCO2)c(C(=O)OCOC(=O)CCC(=O)O)c1. The fraction of sp³-hybridized carbons (Fsp3) is 0.400. The van der Waals surface area contributed by atoms with Gasteiger partial charge in [0.05, 0.1) is 30.9 Å². The standard InChI is InChI=1S/C35H38N5O18PS2/c36-34-38-29-28(31(47)39-34)61-20(4-3-19-5-8-24(60-19)30(46)37-22(32(48)49)6-9-25(41)42)15-40(29)35(51)53-16-18-2-7-23(58-59(52)56-12-1-13-57-59)21(14-18)33(50)55-17-54-27(45)11-10-26(43)44/h2,5,7-8,14,20,22H,1,3-4,6,9-13,15-17H2,(H,37,46)(H,41,42)(H,43,44)(H,48,49)(H3,36,38,39,47). The van der Waals surface area contributed by atoms with Crippen LogP contribution in [0.4, 0.5) is 16.6 Å². The van der Waals surface area contributed by atoms with E-state index in [0.29, 0.717) is 19.3 Å². The highest BCUT2D eigenvalue weighted by Gasteiger charge is 2.35. The average molecular weight is 912 g/mol. The maximum Gasteiger partial charge on any atom is 0.530 e. The Labute approximate surface area is 352 Å². The summed E-state index contributed by atoms with van der Waals surface area (Å²) in [5, 5.41) is 29.0. The minimum atomic E-state index is -4.16. The number of ether oxygens (including phenoxy) is 3. The molecule has 5 rings (SSSR count). The van der Waals surface area contributed by atoms with Crippen LogP contribution in [0, 0.1) is 0 Å². The lowest BCUT2D eigenvalue weighted by atomic mass is 10.1. The smallest absolute Gasteiger partial charge is 0.481 e. The third-order valence-corrected chi connectivity index (χ3v) is 12.3. The predicted molar refractivity (Wildman–Crippen MR) is 209 cm³/mol. The van der Waals surface area contributed by atoms with Crippen LogP contribution in [0.5, 0.6) is 5.75 Å². The largest absolute Gasteiger partial charge is 0.530 e. The molecule has 2 aliphatic rings. The third kappa shape index (κ3) is 13.2. The first-order valence-electron chi connectivity index (χ1n) is 18.1. The Morgan fingerprint density at radius 2 is 1.74 bits per heavy atom. The number of nitrogens with two attached hydrogens (primary N) is 1. The Balaban J connectivity index is 1.27. The number of aryl methyl sites for hydroxylation is 1. The summed E-state index contributed by atoms with van der Waals surface area (Å²) in [5.74, 6) is -7.26. The number of benzene rings is 1. The van der Waals surface area contributed by atoms with Gasteiger partial charge >= 0.3 is 43.8 Å². The summed E-state index contributed by atoms with van der Waals surface area (Å²) in [6.07, 6.45) is -1.54. The number of aromatic nitrogens is 2. The van der Waals surface area contributed by atoms with E-state index in [9.17, 15) is 48.0 Å². The zero-order valence-electron chi connectivity index (χ0n) is 31.7. The minimum Gasteiger partial charge on any atom is -0.481 e. The number of aromatic amines is 1. The number of hydrogen-bond acceptors (Lipinski definition) is 19. The third-order valence-electron chi connectivity index (χ3n) is 8.45. The lowest BCUT2D eigenvalue weighted by Crippen LogP contribution is -2.42. The van der Waals surface area contributed by atoms with E-state index in [-0.39, 0.29) is 64.6 Å². The van der Waals surface area contributed by atoms with Crippen LogP contribution >= 0.6 is 30.9 Å². The molecule has 0 saturated carbocycles.